The molecule has 0 bridgehead atoms. The highest BCUT2D eigenvalue weighted by Gasteiger charge is 2.15. The highest BCUT2D eigenvalue weighted by atomic mass is 32.1. The highest BCUT2D eigenvalue weighted by Crippen LogP contribution is 2.30. The molecule has 3 aromatic rings. The van der Waals surface area contributed by atoms with Crippen LogP contribution in [0.3, 0.4) is 0 Å². The van der Waals surface area contributed by atoms with Gasteiger partial charge in [-0.25, -0.2) is 9.37 Å². The molecule has 0 unspecified atom stereocenters. The number of rotatable bonds is 2. The van der Waals surface area contributed by atoms with Crippen LogP contribution in [0, 0.1) is 17.4 Å². The van der Waals surface area contributed by atoms with Crippen LogP contribution in [0.15, 0.2) is 28.7 Å². The lowest BCUT2D eigenvalue weighted by molar-refractivity contribution is 0.566. The molecule has 0 saturated heterocycles. The molecule has 3 nitrogen and oxygen atoms in total. The van der Waals surface area contributed by atoms with Gasteiger partial charge in [0.25, 0.3) is 0 Å². The van der Waals surface area contributed by atoms with Crippen LogP contribution in [0.2, 0.25) is 0 Å². The maximum Gasteiger partial charge on any atom is 0.170 e. The average molecular weight is 302 g/mol. The van der Waals surface area contributed by atoms with Gasteiger partial charge in [-0.2, -0.15) is 0 Å². The summed E-state index contributed by atoms with van der Waals surface area (Å²) in [6.07, 6.45) is 0. The summed E-state index contributed by atoms with van der Waals surface area (Å²) in [5.74, 6) is 1.21. The van der Waals surface area contributed by atoms with E-state index in [0.717, 1.165) is 22.5 Å². The number of aromatic amines is 1. The summed E-state index contributed by atoms with van der Waals surface area (Å²) < 4.78 is 20.0. The Morgan fingerprint density at radius 1 is 1.33 bits per heavy atom. The van der Waals surface area contributed by atoms with E-state index in [2.05, 4.69) is 9.97 Å². The van der Waals surface area contributed by atoms with Crippen molar-refractivity contribution in [3.05, 3.63) is 46.1 Å². The van der Waals surface area contributed by atoms with E-state index in [1.807, 2.05) is 32.9 Å². The fraction of sp³-hybridized carbons (Fsp3) is 0.250. The zero-order chi connectivity index (χ0) is 15.1. The van der Waals surface area contributed by atoms with Crippen LogP contribution in [-0.2, 0) is 0 Å². The monoisotopic (exact) mass is 302 g/mol. The molecule has 0 aliphatic heterocycles. The van der Waals surface area contributed by atoms with Crippen molar-refractivity contribution in [3.63, 3.8) is 0 Å². The predicted octanol–water partition coefficient (Wildman–Crippen LogP) is 5.12. The predicted molar refractivity (Wildman–Crippen MR) is 83.4 cm³/mol. The van der Waals surface area contributed by atoms with Crippen molar-refractivity contribution >= 4 is 23.2 Å². The molecule has 0 saturated carbocycles. The standard InChI is InChI=1S/C16H15FN2OS/c1-8(2)15-18-13(9(3)16(21)19-15)12-7-10-5-4-6-11(17)14(10)20-12/h4-8H,1-3H3,(H,18,19,21). The Kier molecular flexibility index (Phi) is 3.37. The molecule has 2 aromatic heterocycles. The van der Waals surface area contributed by atoms with Crippen LogP contribution >= 0.6 is 12.2 Å². The van der Waals surface area contributed by atoms with E-state index in [1.165, 1.54) is 6.07 Å². The number of hydrogen-bond acceptors (Lipinski definition) is 3. The van der Waals surface area contributed by atoms with E-state index in [9.17, 15) is 4.39 Å². The molecular weight excluding hydrogens is 287 g/mol. The van der Waals surface area contributed by atoms with Crippen molar-refractivity contribution in [1.82, 2.24) is 9.97 Å². The van der Waals surface area contributed by atoms with Crippen molar-refractivity contribution in [1.29, 1.82) is 0 Å². The third-order valence-electron chi connectivity index (χ3n) is 3.46. The Morgan fingerprint density at radius 2 is 2.10 bits per heavy atom. The van der Waals surface area contributed by atoms with Crippen LogP contribution in [0.1, 0.15) is 31.2 Å². The van der Waals surface area contributed by atoms with Gasteiger partial charge in [-0.05, 0) is 19.1 Å². The Morgan fingerprint density at radius 3 is 2.76 bits per heavy atom. The molecule has 21 heavy (non-hydrogen) atoms. The Balaban J connectivity index is 2.27. The van der Waals surface area contributed by atoms with E-state index in [0.29, 0.717) is 10.4 Å². The maximum absolute atomic E-state index is 13.8. The number of nitrogens with one attached hydrogen (secondary N) is 1. The lowest BCUT2D eigenvalue weighted by atomic mass is 10.1. The molecular formula is C16H15FN2OS. The normalized spacial score (nSPS) is 11.5. The molecule has 1 aromatic carbocycles. The number of furan rings is 1. The molecule has 1 N–H and O–H groups in total. The van der Waals surface area contributed by atoms with E-state index in [1.54, 1.807) is 6.07 Å². The summed E-state index contributed by atoms with van der Waals surface area (Å²) in [6.45, 7) is 5.95. The summed E-state index contributed by atoms with van der Waals surface area (Å²) in [7, 11) is 0. The zero-order valence-electron chi connectivity index (χ0n) is 12.0. The summed E-state index contributed by atoms with van der Waals surface area (Å²) in [6, 6.07) is 6.69. The molecule has 0 aliphatic carbocycles. The number of para-hydroxylation sites is 1. The van der Waals surface area contributed by atoms with Gasteiger partial charge in [-0.1, -0.05) is 38.2 Å². The zero-order valence-corrected chi connectivity index (χ0v) is 12.8. The van der Waals surface area contributed by atoms with Crippen molar-refractivity contribution in [2.24, 2.45) is 0 Å². The van der Waals surface area contributed by atoms with Crippen LogP contribution in [0.4, 0.5) is 4.39 Å². The van der Waals surface area contributed by atoms with Crippen LogP contribution in [0.5, 0.6) is 0 Å². The number of fused-ring (bicyclic) bond motifs is 1. The van der Waals surface area contributed by atoms with Gasteiger partial charge >= 0.3 is 0 Å². The third kappa shape index (κ3) is 2.38. The number of hydrogen-bond donors (Lipinski definition) is 1. The second kappa shape index (κ2) is 5.07. The first-order valence-electron chi connectivity index (χ1n) is 6.76. The minimum Gasteiger partial charge on any atom is -0.451 e. The third-order valence-corrected chi connectivity index (χ3v) is 3.86. The molecule has 5 heteroatoms. The van der Waals surface area contributed by atoms with Gasteiger partial charge in [0.15, 0.2) is 17.2 Å². The first-order chi connectivity index (χ1) is 9.97. The van der Waals surface area contributed by atoms with Gasteiger partial charge in [0, 0.05) is 16.9 Å². The smallest absolute Gasteiger partial charge is 0.170 e. The lowest BCUT2D eigenvalue weighted by Gasteiger charge is -2.09. The summed E-state index contributed by atoms with van der Waals surface area (Å²) >= 11 is 5.31. The van der Waals surface area contributed by atoms with Crippen molar-refractivity contribution in [2.75, 3.05) is 0 Å². The van der Waals surface area contributed by atoms with E-state index in [4.69, 9.17) is 16.6 Å². The maximum atomic E-state index is 13.8. The van der Waals surface area contributed by atoms with Gasteiger partial charge in [0.05, 0.1) is 5.69 Å². The van der Waals surface area contributed by atoms with Gasteiger partial charge in [-0.3, -0.25) is 0 Å². The first kappa shape index (κ1) is 13.9. The van der Waals surface area contributed by atoms with E-state index >= 15 is 0 Å². The van der Waals surface area contributed by atoms with Crippen LogP contribution in [-0.4, -0.2) is 9.97 Å². The Bertz CT molecular complexity index is 880. The van der Waals surface area contributed by atoms with Crippen LogP contribution < -0.4 is 0 Å². The molecule has 0 fully saturated rings. The second-order valence-corrected chi connectivity index (χ2v) is 5.74. The minimum absolute atomic E-state index is 0.215. The fourth-order valence-corrected chi connectivity index (χ4v) is 2.42. The van der Waals surface area contributed by atoms with Crippen molar-refractivity contribution < 1.29 is 8.81 Å². The summed E-state index contributed by atoms with van der Waals surface area (Å²) in [5.41, 5.74) is 1.84. The van der Waals surface area contributed by atoms with Crippen molar-refractivity contribution in [2.45, 2.75) is 26.7 Å². The summed E-state index contributed by atoms with van der Waals surface area (Å²) in [4.78, 5) is 7.63. The van der Waals surface area contributed by atoms with E-state index < -0.39 is 0 Å². The molecule has 0 amide bonds. The molecule has 0 radical (unpaired) electrons. The topological polar surface area (TPSA) is 41.8 Å². The fourth-order valence-electron chi connectivity index (χ4n) is 2.22. The SMILES string of the molecule is Cc1c(-c2cc3cccc(F)c3o2)[nH]c(C(C)C)nc1=S. The van der Waals surface area contributed by atoms with Crippen molar-refractivity contribution in [3.8, 4) is 11.5 Å². The largest absolute Gasteiger partial charge is 0.451 e. The first-order valence-corrected chi connectivity index (χ1v) is 7.17. The number of aromatic nitrogens is 2. The number of nitrogens with zero attached hydrogens (tertiary/aromatic N) is 1. The highest BCUT2D eigenvalue weighted by molar-refractivity contribution is 7.71. The number of halogens is 1. The Labute approximate surface area is 126 Å². The van der Waals surface area contributed by atoms with Gasteiger partial charge in [-0.15, -0.1) is 0 Å². The number of H-pyrrole nitrogens is 1. The van der Waals surface area contributed by atoms with E-state index in [-0.39, 0.29) is 17.3 Å². The second-order valence-electron chi connectivity index (χ2n) is 5.35. The van der Waals surface area contributed by atoms with Gasteiger partial charge in [0.1, 0.15) is 10.5 Å². The van der Waals surface area contributed by atoms with Gasteiger partial charge in [0.2, 0.25) is 0 Å². The van der Waals surface area contributed by atoms with Gasteiger partial charge < -0.3 is 9.40 Å². The lowest BCUT2D eigenvalue weighted by Crippen LogP contribution is -2.01. The number of benzene rings is 1. The minimum atomic E-state index is -0.367. The molecule has 0 spiro atoms. The summed E-state index contributed by atoms with van der Waals surface area (Å²) in [5, 5.41) is 0.728. The quantitative estimate of drug-likeness (QED) is 0.668. The molecule has 0 atom stereocenters. The molecule has 3 rings (SSSR count). The molecule has 0 aliphatic rings. The Hall–Kier alpha value is -2.01. The molecule has 108 valence electrons. The molecule has 2 heterocycles. The average Bonchev–Trinajstić information content (AvgIpc) is 2.86. The van der Waals surface area contributed by atoms with Crippen LogP contribution in [0.25, 0.3) is 22.4 Å².